The Hall–Kier alpha value is -4.36. The molecule has 0 bridgehead atoms. The summed E-state index contributed by atoms with van der Waals surface area (Å²) in [5.74, 6) is -1.15. The highest BCUT2D eigenvalue weighted by Gasteiger charge is 2.23. The minimum Gasteiger partial charge on any atom is -0.478 e. The molecule has 2 N–H and O–H groups in total. The number of carbonyl (C=O) groups excluding carboxylic acids is 2. The molecule has 0 atom stereocenters. The number of carbonyl (C=O) groups is 3. The third kappa shape index (κ3) is 4.70. The number of aromatic nitrogens is 1. The predicted molar refractivity (Wildman–Crippen MR) is 155 cm³/mol. The van der Waals surface area contributed by atoms with Gasteiger partial charge in [0.2, 0.25) is 5.91 Å². The molecular formula is C32H26N2O4S. The number of hydrogen-bond acceptors (Lipinski definition) is 4. The van der Waals surface area contributed by atoms with E-state index in [0.29, 0.717) is 22.0 Å². The van der Waals surface area contributed by atoms with Gasteiger partial charge in [0.15, 0.2) is 0 Å². The molecule has 7 heteroatoms. The number of carboxylic acid groups (broad SMARTS) is 1. The monoisotopic (exact) mass is 534 g/mol. The van der Waals surface area contributed by atoms with Crippen LogP contribution >= 0.6 is 11.8 Å². The van der Waals surface area contributed by atoms with Crippen LogP contribution in [0.3, 0.4) is 0 Å². The number of rotatable bonds is 6. The summed E-state index contributed by atoms with van der Waals surface area (Å²) in [6.45, 7) is 0. The van der Waals surface area contributed by atoms with Crippen LogP contribution in [0.4, 0.5) is 5.69 Å². The smallest absolute Gasteiger partial charge is 0.336 e. The first-order valence-corrected chi connectivity index (χ1v) is 13.9. The van der Waals surface area contributed by atoms with E-state index in [1.54, 1.807) is 36.4 Å². The average molecular weight is 535 g/mol. The largest absolute Gasteiger partial charge is 0.478 e. The standard InChI is InChI=1S/C32H26N2O4S/c35-29(34-27-16-3-1-12-23(27)24-13-2-4-17-28(24)34)19-39-22-11-7-10-21(18-22)33-31(36)25-14-5-8-20-9-6-15-26(30(20)25)32(37)38/h1,3,5-12,14-16,18H,2,4,13,17,19H2,(H,33,36)(H,37,38). The molecule has 0 aliphatic heterocycles. The van der Waals surface area contributed by atoms with Crippen LogP contribution in [0.1, 0.15) is 49.6 Å². The molecule has 0 fully saturated rings. The first kappa shape index (κ1) is 24.9. The van der Waals surface area contributed by atoms with E-state index in [9.17, 15) is 19.5 Å². The van der Waals surface area contributed by atoms with Gasteiger partial charge in [-0.25, -0.2) is 4.79 Å². The van der Waals surface area contributed by atoms with Gasteiger partial charge >= 0.3 is 5.97 Å². The molecule has 1 aromatic heterocycles. The fourth-order valence-corrected chi connectivity index (χ4v) is 6.36. The summed E-state index contributed by atoms with van der Waals surface area (Å²) in [7, 11) is 0. The summed E-state index contributed by atoms with van der Waals surface area (Å²) in [5, 5.41) is 14.8. The molecule has 6 rings (SSSR count). The highest BCUT2D eigenvalue weighted by atomic mass is 32.2. The Balaban J connectivity index is 1.22. The number of aromatic carboxylic acids is 1. The molecule has 1 aliphatic rings. The first-order chi connectivity index (χ1) is 19.0. The van der Waals surface area contributed by atoms with Crippen molar-refractivity contribution in [3.63, 3.8) is 0 Å². The Bertz CT molecular complexity index is 1770. The highest BCUT2D eigenvalue weighted by molar-refractivity contribution is 8.00. The van der Waals surface area contributed by atoms with Gasteiger partial charge in [0.1, 0.15) is 0 Å². The van der Waals surface area contributed by atoms with Crippen molar-refractivity contribution >= 4 is 56.9 Å². The summed E-state index contributed by atoms with van der Waals surface area (Å²) >= 11 is 1.43. The number of para-hydroxylation sites is 1. The summed E-state index contributed by atoms with van der Waals surface area (Å²) < 4.78 is 1.91. The fourth-order valence-electron chi connectivity index (χ4n) is 5.56. The van der Waals surface area contributed by atoms with Gasteiger partial charge in [0.25, 0.3) is 5.91 Å². The van der Waals surface area contributed by atoms with Crippen LogP contribution in [0.5, 0.6) is 0 Å². The molecule has 0 unspecified atom stereocenters. The van der Waals surface area contributed by atoms with Crippen molar-refractivity contribution in [2.24, 2.45) is 0 Å². The van der Waals surface area contributed by atoms with E-state index in [4.69, 9.17) is 0 Å². The minimum atomic E-state index is -1.08. The average Bonchev–Trinajstić information content (AvgIpc) is 3.30. The van der Waals surface area contributed by atoms with Crippen LogP contribution in [0.15, 0.2) is 89.8 Å². The molecule has 39 heavy (non-hydrogen) atoms. The van der Waals surface area contributed by atoms with Crippen LogP contribution in [0.25, 0.3) is 21.7 Å². The van der Waals surface area contributed by atoms with E-state index in [1.807, 2.05) is 41.0 Å². The molecule has 0 radical (unpaired) electrons. The summed E-state index contributed by atoms with van der Waals surface area (Å²) in [6.07, 6.45) is 4.17. The third-order valence-electron chi connectivity index (χ3n) is 7.26. The van der Waals surface area contributed by atoms with Crippen LogP contribution < -0.4 is 5.32 Å². The van der Waals surface area contributed by atoms with Crippen molar-refractivity contribution in [2.45, 2.75) is 30.6 Å². The van der Waals surface area contributed by atoms with Crippen molar-refractivity contribution < 1.29 is 19.5 Å². The topological polar surface area (TPSA) is 88.4 Å². The number of amides is 1. The lowest BCUT2D eigenvalue weighted by Gasteiger charge is -2.15. The van der Waals surface area contributed by atoms with E-state index in [-0.39, 0.29) is 17.2 Å². The van der Waals surface area contributed by atoms with Crippen LogP contribution in [-0.2, 0) is 12.8 Å². The van der Waals surface area contributed by atoms with Crippen LogP contribution in [0.2, 0.25) is 0 Å². The van der Waals surface area contributed by atoms with Gasteiger partial charge in [0.05, 0.1) is 16.8 Å². The van der Waals surface area contributed by atoms with Gasteiger partial charge in [-0.1, -0.05) is 48.5 Å². The Morgan fingerprint density at radius 3 is 2.41 bits per heavy atom. The summed E-state index contributed by atoms with van der Waals surface area (Å²) in [5.41, 5.74) is 4.38. The molecule has 6 nitrogen and oxygen atoms in total. The summed E-state index contributed by atoms with van der Waals surface area (Å²) in [6, 6.07) is 25.6. The van der Waals surface area contributed by atoms with E-state index >= 15 is 0 Å². The second-order valence-electron chi connectivity index (χ2n) is 9.66. The SMILES string of the molecule is O=C(O)c1cccc2cccc(C(=O)Nc3cccc(SCC(=O)n4c5c(c6ccccc64)CCCC5)c3)c12. The highest BCUT2D eigenvalue weighted by Crippen LogP contribution is 2.33. The van der Waals surface area contributed by atoms with E-state index < -0.39 is 11.9 Å². The molecule has 0 saturated heterocycles. The maximum Gasteiger partial charge on any atom is 0.336 e. The Kier molecular flexibility index (Phi) is 6.67. The number of aryl methyl sites for hydroxylation is 1. The predicted octanol–water partition coefficient (Wildman–Crippen LogP) is 7.06. The van der Waals surface area contributed by atoms with Crippen LogP contribution in [0, 0.1) is 0 Å². The lowest BCUT2D eigenvalue weighted by Crippen LogP contribution is -2.18. The zero-order valence-electron chi connectivity index (χ0n) is 21.1. The molecule has 0 saturated carbocycles. The molecule has 5 aromatic rings. The van der Waals surface area contributed by atoms with Crippen molar-refractivity contribution in [1.29, 1.82) is 0 Å². The fraction of sp³-hybridized carbons (Fsp3) is 0.156. The number of carboxylic acids is 1. The number of fused-ring (bicyclic) bond motifs is 4. The number of anilines is 1. The Morgan fingerprint density at radius 1 is 0.846 bits per heavy atom. The van der Waals surface area contributed by atoms with Crippen molar-refractivity contribution in [2.75, 3.05) is 11.1 Å². The second-order valence-corrected chi connectivity index (χ2v) is 10.7. The van der Waals surface area contributed by atoms with Crippen LogP contribution in [-0.4, -0.2) is 33.2 Å². The number of thioether (sulfide) groups is 1. The Morgan fingerprint density at radius 2 is 1.59 bits per heavy atom. The van der Waals surface area contributed by atoms with Gasteiger partial charge in [-0.05, 0) is 73.0 Å². The van der Waals surface area contributed by atoms with Gasteiger partial charge in [0, 0.05) is 32.6 Å². The minimum absolute atomic E-state index is 0.0470. The molecule has 1 aliphatic carbocycles. The van der Waals surface area contributed by atoms with Crippen molar-refractivity contribution in [1.82, 2.24) is 4.57 Å². The van der Waals surface area contributed by atoms with Gasteiger partial charge < -0.3 is 10.4 Å². The summed E-state index contributed by atoms with van der Waals surface area (Å²) in [4.78, 5) is 39.3. The van der Waals surface area contributed by atoms with E-state index in [2.05, 4.69) is 11.4 Å². The quantitative estimate of drug-likeness (QED) is 0.228. The number of hydrogen-bond donors (Lipinski definition) is 2. The van der Waals surface area contributed by atoms with Gasteiger partial charge in [-0.3, -0.25) is 14.2 Å². The van der Waals surface area contributed by atoms with E-state index in [1.165, 1.54) is 28.8 Å². The van der Waals surface area contributed by atoms with Crippen molar-refractivity contribution in [3.05, 3.63) is 107 Å². The normalized spacial score (nSPS) is 12.8. The number of nitrogens with one attached hydrogen (secondary N) is 1. The van der Waals surface area contributed by atoms with Crippen molar-refractivity contribution in [3.8, 4) is 0 Å². The lowest BCUT2D eigenvalue weighted by atomic mass is 9.96. The number of nitrogens with zero attached hydrogens (tertiary/aromatic N) is 1. The maximum atomic E-state index is 13.4. The molecule has 1 amide bonds. The maximum absolute atomic E-state index is 13.4. The van der Waals surface area contributed by atoms with Gasteiger partial charge in [-0.15, -0.1) is 11.8 Å². The second kappa shape index (κ2) is 10.4. The molecule has 4 aromatic carbocycles. The first-order valence-electron chi connectivity index (χ1n) is 12.9. The van der Waals surface area contributed by atoms with E-state index in [0.717, 1.165) is 41.8 Å². The molecular weight excluding hydrogens is 508 g/mol. The zero-order valence-corrected chi connectivity index (χ0v) is 22.0. The number of benzene rings is 4. The zero-order chi connectivity index (χ0) is 26.9. The molecule has 1 heterocycles. The third-order valence-corrected chi connectivity index (χ3v) is 8.24. The van der Waals surface area contributed by atoms with Gasteiger partial charge in [-0.2, -0.15) is 0 Å². The molecule has 0 spiro atoms. The lowest BCUT2D eigenvalue weighted by molar-refractivity contribution is 0.0698. The molecule has 194 valence electrons. The Labute approximate surface area is 229 Å².